The Morgan fingerprint density at radius 3 is 0.827 bits per heavy atom. The number of esters is 2. The highest BCUT2D eigenvalue weighted by Crippen LogP contribution is 2.35. The van der Waals surface area contributed by atoms with Crippen molar-refractivity contribution in [2.24, 2.45) is 0 Å². The molecule has 0 unspecified atom stereocenters. The molecule has 3 aliphatic rings. The summed E-state index contributed by atoms with van der Waals surface area (Å²) < 4.78 is 67.4. The molecule has 4 bridgehead atoms. The maximum absolute atomic E-state index is 13.5. The normalized spacial score (nSPS) is 26.1. The molecule has 6 aromatic carbocycles. The van der Waals surface area contributed by atoms with Crippen molar-refractivity contribution in [2.45, 2.75) is 133 Å². The van der Waals surface area contributed by atoms with Crippen molar-refractivity contribution in [3.8, 4) is 0 Å². The van der Waals surface area contributed by atoms with Crippen molar-refractivity contribution in [2.75, 3.05) is 13.2 Å². The van der Waals surface area contributed by atoms with Gasteiger partial charge >= 0.3 is 11.9 Å². The Balaban J connectivity index is 1.05. The lowest BCUT2D eigenvalue weighted by molar-refractivity contribution is -0.270. The smallest absolute Gasteiger partial charge is 0.305 e. The summed E-state index contributed by atoms with van der Waals surface area (Å²) >= 11 is 0. The molecule has 3 aliphatic heterocycles. The van der Waals surface area contributed by atoms with Crippen molar-refractivity contribution in [1.82, 2.24) is 0 Å². The van der Waals surface area contributed by atoms with Crippen LogP contribution in [0.1, 0.15) is 65.5 Å². The van der Waals surface area contributed by atoms with Crippen molar-refractivity contribution in [3.63, 3.8) is 0 Å². The van der Waals surface area contributed by atoms with Crippen LogP contribution in [0.4, 0.5) is 0 Å². The first kappa shape index (κ1) is 53.5. The lowest BCUT2D eigenvalue weighted by atomic mass is 9.91. The molecule has 2 saturated heterocycles. The molecule has 10 atom stereocenters. The number of ether oxygens (including phenoxy) is 10. The number of carbonyl (C=O) groups excluding carboxylic acids is 2. The van der Waals surface area contributed by atoms with E-state index in [1.165, 1.54) is 0 Å². The zero-order valence-electron chi connectivity index (χ0n) is 42.3. The van der Waals surface area contributed by atoms with Crippen LogP contribution < -0.4 is 0 Å². The number of cyclic esters (lactones) is 2. The van der Waals surface area contributed by atoms with Crippen LogP contribution in [0.15, 0.2) is 194 Å². The Hall–Kier alpha value is -6.32. The standard InChI is InChI=1S/C63H68O12/c64-56-36-21-37-57(65)67-45-55-61(71-41-49-28-13-4-14-29-49)63(73-43-51-32-17-6-18-33-51)59(69-39-47-24-9-2-10-25-47)53(75-55)35-20-19-34-52-58(68-38-46-22-7-1-8-23-46)62(72-42-50-30-15-5-16-31-50)60(54(74-52)44-66-56)70-40-48-26-11-3-12-27-48/h1-20,22-33,52-55,58-63H,21,34-45H2/b20-19-/t52-,53-,54-,55-,58+,59+,60+,61+,62-,63-/m1/s1. The van der Waals surface area contributed by atoms with E-state index in [0.717, 1.165) is 33.4 Å². The lowest BCUT2D eigenvalue weighted by Crippen LogP contribution is -2.61. The van der Waals surface area contributed by atoms with Gasteiger partial charge in [-0.3, -0.25) is 9.59 Å². The SMILES string of the molecule is O=C1CCCC(=O)OC[C@H]2O[C@H](C/C=C\C[C@H]3O[C@H](CO1)[C@H](OCc1ccccc1)[C@H](OCc1ccccc1)[C@H]3OCc1ccccc1)[C@H](OCc1ccccc1)[C@@H](OCc1ccccc1)[C@H]2OCc1ccccc1. The minimum absolute atomic E-state index is 0.0130. The van der Waals surface area contributed by atoms with Gasteiger partial charge in [0.25, 0.3) is 0 Å². The molecule has 12 nitrogen and oxygen atoms in total. The first-order valence-electron chi connectivity index (χ1n) is 26.2. The van der Waals surface area contributed by atoms with E-state index in [1.54, 1.807) is 0 Å². The summed E-state index contributed by atoms with van der Waals surface area (Å²) in [6.07, 6.45) is -1.49. The summed E-state index contributed by atoms with van der Waals surface area (Å²) in [6, 6.07) is 59.8. The van der Waals surface area contributed by atoms with Crippen molar-refractivity contribution in [1.29, 1.82) is 0 Å². The highest BCUT2D eigenvalue weighted by molar-refractivity contribution is 5.72. The third-order valence-electron chi connectivity index (χ3n) is 13.7. The molecule has 0 N–H and O–H groups in total. The fourth-order valence-electron chi connectivity index (χ4n) is 9.75. The topological polar surface area (TPSA) is 126 Å². The van der Waals surface area contributed by atoms with E-state index in [9.17, 15) is 9.59 Å². The molecule has 6 aromatic rings. The van der Waals surface area contributed by atoms with E-state index in [-0.39, 0.29) is 58.9 Å². The molecule has 392 valence electrons. The number of carbonyl (C=O) groups is 2. The van der Waals surface area contributed by atoms with Gasteiger partial charge < -0.3 is 47.4 Å². The maximum atomic E-state index is 13.5. The van der Waals surface area contributed by atoms with Gasteiger partial charge in [-0.2, -0.15) is 0 Å². The molecule has 3 heterocycles. The highest BCUT2D eigenvalue weighted by Gasteiger charge is 2.50. The quantitative estimate of drug-likeness (QED) is 0.0601. The summed E-state index contributed by atoms with van der Waals surface area (Å²) in [6.45, 7) is 1.45. The fourth-order valence-corrected chi connectivity index (χ4v) is 9.75. The third-order valence-corrected chi connectivity index (χ3v) is 13.7. The predicted molar refractivity (Wildman–Crippen MR) is 282 cm³/mol. The first-order valence-corrected chi connectivity index (χ1v) is 26.2. The molecule has 0 spiro atoms. The zero-order valence-corrected chi connectivity index (χ0v) is 42.3. The Bertz CT molecular complexity index is 2430. The molecule has 0 amide bonds. The summed E-state index contributed by atoms with van der Waals surface area (Å²) in [4.78, 5) is 27.1. The first-order chi connectivity index (χ1) is 37.0. The summed E-state index contributed by atoms with van der Waals surface area (Å²) in [5.41, 5.74) is 5.88. The van der Waals surface area contributed by atoms with Gasteiger partial charge in [0.1, 0.15) is 62.0 Å². The highest BCUT2D eigenvalue weighted by atomic mass is 16.6. The largest absolute Gasteiger partial charge is 0.463 e. The Kier molecular flexibility index (Phi) is 20.4. The zero-order chi connectivity index (χ0) is 51.3. The molecule has 0 radical (unpaired) electrons. The van der Waals surface area contributed by atoms with Crippen LogP contribution in [0.2, 0.25) is 0 Å². The minimum Gasteiger partial charge on any atom is -0.463 e. The molecule has 0 aromatic heterocycles. The molecule has 0 saturated carbocycles. The second kappa shape index (κ2) is 28.5. The second-order valence-corrected chi connectivity index (χ2v) is 19.2. The number of fused-ring (bicyclic) bond motifs is 4. The van der Waals surface area contributed by atoms with Gasteiger partial charge in [0.05, 0.1) is 51.8 Å². The van der Waals surface area contributed by atoms with Crippen molar-refractivity contribution < 1.29 is 57.0 Å². The van der Waals surface area contributed by atoms with Crippen LogP contribution in [0.25, 0.3) is 0 Å². The summed E-state index contributed by atoms with van der Waals surface area (Å²) in [7, 11) is 0. The molecular formula is C63H68O12. The summed E-state index contributed by atoms with van der Waals surface area (Å²) in [5, 5.41) is 0. The molecule has 12 heteroatoms. The molecule has 0 aliphatic carbocycles. The van der Waals surface area contributed by atoms with Gasteiger partial charge in [0.15, 0.2) is 0 Å². The van der Waals surface area contributed by atoms with E-state index in [1.807, 2.05) is 182 Å². The van der Waals surface area contributed by atoms with Crippen LogP contribution in [-0.2, 0) is 96.6 Å². The number of rotatable bonds is 18. The van der Waals surface area contributed by atoms with Crippen molar-refractivity contribution in [3.05, 3.63) is 228 Å². The van der Waals surface area contributed by atoms with Crippen LogP contribution in [0.5, 0.6) is 0 Å². The van der Waals surface area contributed by atoms with Gasteiger partial charge in [-0.1, -0.05) is 194 Å². The van der Waals surface area contributed by atoms with Gasteiger partial charge in [-0.25, -0.2) is 0 Å². The number of hydrogen-bond donors (Lipinski definition) is 0. The van der Waals surface area contributed by atoms with Gasteiger partial charge in [0, 0.05) is 12.8 Å². The number of hydrogen-bond acceptors (Lipinski definition) is 12. The van der Waals surface area contributed by atoms with E-state index in [2.05, 4.69) is 12.2 Å². The Morgan fingerprint density at radius 1 is 0.320 bits per heavy atom. The predicted octanol–water partition coefficient (Wildman–Crippen LogP) is 10.6. The Morgan fingerprint density at radius 2 is 0.560 bits per heavy atom. The van der Waals surface area contributed by atoms with Gasteiger partial charge in [-0.05, 0) is 52.6 Å². The van der Waals surface area contributed by atoms with Crippen LogP contribution >= 0.6 is 0 Å². The van der Waals surface area contributed by atoms with Gasteiger partial charge in [0.2, 0.25) is 0 Å². The number of benzene rings is 6. The van der Waals surface area contributed by atoms with Gasteiger partial charge in [-0.15, -0.1) is 0 Å². The van der Waals surface area contributed by atoms with E-state index in [0.29, 0.717) is 26.1 Å². The molecule has 75 heavy (non-hydrogen) atoms. The average Bonchev–Trinajstić information content (AvgIpc) is 3.46. The monoisotopic (exact) mass is 1020 g/mol. The lowest BCUT2D eigenvalue weighted by Gasteiger charge is -2.46. The second-order valence-electron chi connectivity index (χ2n) is 19.2. The average molecular weight is 1020 g/mol. The van der Waals surface area contributed by atoms with E-state index < -0.39 is 73.0 Å². The third kappa shape index (κ3) is 16.1. The van der Waals surface area contributed by atoms with Crippen molar-refractivity contribution >= 4 is 11.9 Å². The van der Waals surface area contributed by atoms with Crippen LogP contribution in [0, 0.1) is 0 Å². The molecule has 9 rings (SSSR count). The fraction of sp³-hybridized carbons (Fsp3) is 0.365. The molecule has 2 fully saturated rings. The van der Waals surface area contributed by atoms with Crippen LogP contribution in [-0.4, -0.2) is 86.2 Å². The summed E-state index contributed by atoms with van der Waals surface area (Å²) in [5.74, 6) is -0.945. The maximum Gasteiger partial charge on any atom is 0.305 e. The minimum atomic E-state index is -0.742. The Labute approximate surface area is 440 Å². The molecular weight excluding hydrogens is 949 g/mol. The van der Waals surface area contributed by atoms with E-state index in [4.69, 9.17) is 47.4 Å². The van der Waals surface area contributed by atoms with E-state index >= 15 is 0 Å². The van der Waals surface area contributed by atoms with Crippen LogP contribution in [0.3, 0.4) is 0 Å².